The lowest BCUT2D eigenvalue weighted by atomic mass is 9.91. The molecule has 2 heteroatoms. The van der Waals surface area contributed by atoms with Crippen LogP contribution in [0.25, 0.3) is 0 Å². The molecule has 1 aromatic carbocycles. The van der Waals surface area contributed by atoms with Crippen LogP contribution in [-0.2, 0) is 0 Å². The second-order valence-electron chi connectivity index (χ2n) is 4.50. The number of aromatic hydroxyl groups is 1. The third-order valence-corrected chi connectivity index (χ3v) is 2.84. The molecule has 0 saturated carbocycles. The molecule has 2 atom stereocenters. The third-order valence-electron chi connectivity index (χ3n) is 2.84. The summed E-state index contributed by atoms with van der Waals surface area (Å²) in [6.07, 6.45) is 2.14. The molecule has 84 valence electrons. The average Bonchev–Trinajstić information content (AvgIpc) is 2.14. The number of nitrogens with two attached hydrogens (primary N) is 1. The number of rotatable bonds is 4. The van der Waals surface area contributed by atoms with E-state index in [1.807, 2.05) is 26.0 Å². The van der Waals surface area contributed by atoms with Crippen LogP contribution in [0.1, 0.15) is 43.7 Å². The molecule has 0 amide bonds. The molecular formula is C13H21NO. The maximum atomic E-state index is 9.32. The lowest BCUT2D eigenvalue weighted by Crippen LogP contribution is -2.15. The first-order valence-electron chi connectivity index (χ1n) is 5.55. The minimum absolute atomic E-state index is 0.268. The highest BCUT2D eigenvalue weighted by molar-refractivity contribution is 5.35. The number of phenolic OH excluding ortho intramolecular Hbond substituents is 1. The summed E-state index contributed by atoms with van der Waals surface area (Å²) in [6, 6.07) is 5.85. The average molecular weight is 207 g/mol. The summed E-state index contributed by atoms with van der Waals surface area (Å²) >= 11 is 0. The Hall–Kier alpha value is -1.02. The summed E-state index contributed by atoms with van der Waals surface area (Å²) in [7, 11) is 0. The number of hydrogen-bond donors (Lipinski definition) is 2. The number of benzene rings is 1. The fourth-order valence-electron chi connectivity index (χ4n) is 1.88. The fourth-order valence-corrected chi connectivity index (χ4v) is 1.88. The number of phenols is 1. The SMILES string of the molecule is Cc1cc(O)ccc1C(C)CCC(C)N. The Morgan fingerprint density at radius 2 is 1.93 bits per heavy atom. The van der Waals surface area contributed by atoms with E-state index >= 15 is 0 Å². The normalized spacial score (nSPS) is 14.9. The van der Waals surface area contributed by atoms with Crippen molar-refractivity contribution in [1.82, 2.24) is 0 Å². The molecule has 1 aromatic rings. The maximum Gasteiger partial charge on any atom is 0.115 e. The van der Waals surface area contributed by atoms with E-state index in [4.69, 9.17) is 5.73 Å². The standard InChI is InChI=1S/C13H21NO/c1-9(4-5-11(3)14)13-7-6-12(15)8-10(13)2/h6-9,11,15H,4-5,14H2,1-3H3. The molecule has 0 radical (unpaired) electrons. The van der Waals surface area contributed by atoms with Gasteiger partial charge in [-0.15, -0.1) is 0 Å². The van der Waals surface area contributed by atoms with Gasteiger partial charge in [-0.1, -0.05) is 13.0 Å². The fraction of sp³-hybridized carbons (Fsp3) is 0.538. The summed E-state index contributed by atoms with van der Waals surface area (Å²) in [6.45, 7) is 6.29. The first-order chi connectivity index (χ1) is 7.00. The van der Waals surface area contributed by atoms with Crippen molar-refractivity contribution in [3.05, 3.63) is 29.3 Å². The highest BCUT2D eigenvalue weighted by Gasteiger charge is 2.09. The first-order valence-corrected chi connectivity index (χ1v) is 5.55. The zero-order chi connectivity index (χ0) is 11.4. The maximum absolute atomic E-state index is 9.32. The molecule has 0 aliphatic carbocycles. The van der Waals surface area contributed by atoms with Crippen LogP contribution in [0.5, 0.6) is 5.75 Å². The molecular weight excluding hydrogens is 186 g/mol. The number of aryl methyl sites for hydroxylation is 1. The number of hydrogen-bond acceptors (Lipinski definition) is 2. The van der Waals surface area contributed by atoms with Gasteiger partial charge in [0, 0.05) is 6.04 Å². The van der Waals surface area contributed by atoms with Crippen LogP contribution in [0.3, 0.4) is 0 Å². The smallest absolute Gasteiger partial charge is 0.115 e. The lowest BCUT2D eigenvalue weighted by Gasteiger charge is -2.16. The molecule has 2 unspecified atom stereocenters. The predicted octanol–water partition coefficient (Wildman–Crippen LogP) is 2.93. The van der Waals surface area contributed by atoms with E-state index in [0.717, 1.165) is 18.4 Å². The van der Waals surface area contributed by atoms with Gasteiger partial charge in [-0.05, 0) is 55.9 Å². The van der Waals surface area contributed by atoms with Crippen LogP contribution in [0.2, 0.25) is 0 Å². The Morgan fingerprint density at radius 1 is 1.27 bits per heavy atom. The monoisotopic (exact) mass is 207 g/mol. The highest BCUT2D eigenvalue weighted by Crippen LogP contribution is 2.26. The zero-order valence-corrected chi connectivity index (χ0v) is 9.83. The minimum atomic E-state index is 0.268. The molecule has 0 fully saturated rings. The summed E-state index contributed by atoms with van der Waals surface area (Å²) in [4.78, 5) is 0. The van der Waals surface area contributed by atoms with Gasteiger partial charge < -0.3 is 10.8 Å². The Balaban J connectivity index is 2.69. The molecule has 0 aromatic heterocycles. The van der Waals surface area contributed by atoms with E-state index in [2.05, 4.69) is 6.92 Å². The van der Waals surface area contributed by atoms with E-state index in [-0.39, 0.29) is 6.04 Å². The Bertz CT molecular complexity index is 320. The van der Waals surface area contributed by atoms with Crippen LogP contribution < -0.4 is 5.73 Å². The van der Waals surface area contributed by atoms with Crippen LogP contribution in [0, 0.1) is 6.92 Å². The minimum Gasteiger partial charge on any atom is -0.508 e. The topological polar surface area (TPSA) is 46.2 Å². The van der Waals surface area contributed by atoms with Crippen molar-refractivity contribution in [1.29, 1.82) is 0 Å². The molecule has 0 bridgehead atoms. The van der Waals surface area contributed by atoms with Crippen molar-refractivity contribution in [3.8, 4) is 5.75 Å². The van der Waals surface area contributed by atoms with E-state index in [1.165, 1.54) is 5.56 Å². The van der Waals surface area contributed by atoms with Crippen LogP contribution in [-0.4, -0.2) is 11.1 Å². The largest absolute Gasteiger partial charge is 0.508 e. The van der Waals surface area contributed by atoms with E-state index in [0.29, 0.717) is 11.7 Å². The lowest BCUT2D eigenvalue weighted by molar-refractivity contribution is 0.474. The second kappa shape index (κ2) is 5.17. The van der Waals surface area contributed by atoms with Crippen molar-refractivity contribution in [3.63, 3.8) is 0 Å². The molecule has 1 rings (SSSR count). The van der Waals surface area contributed by atoms with Crippen LogP contribution >= 0.6 is 0 Å². The Kier molecular flexibility index (Phi) is 4.15. The Morgan fingerprint density at radius 3 is 2.47 bits per heavy atom. The van der Waals surface area contributed by atoms with Gasteiger partial charge in [0.2, 0.25) is 0 Å². The summed E-state index contributed by atoms with van der Waals surface area (Å²) in [5, 5.41) is 9.32. The van der Waals surface area contributed by atoms with Gasteiger partial charge in [-0.3, -0.25) is 0 Å². The van der Waals surface area contributed by atoms with Gasteiger partial charge in [0.15, 0.2) is 0 Å². The van der Waals surface area contributed by atoms with Crippen molar-refractivity contribution >= 4 is 0 Å². The van der Waals surface area contributed by atoms with Crippen LogP contribution in [0.4, 0.5) is 0 Å². The quantitative estimate of drug-likeness (QED) is 0.797. The first kappa shape index (κ1) is 12.1. The molecule has 0 aliphatic heterocycles. The summed E-state index contributed by atoms with van der Waals surface area (Å²) in [5.41, 5.74) is 8.21. The molecule has 3 N–H and O–H groups in total. The van der Waals surface area contributed by atoms with E-state index in [9.17, 15) is 5.11 Å². The van der Waals surface area contributed by atoms with Crippen molar-refractivity contribution < 1.29 is 5.11 Å². The molecule has 0 aliphatic rings. The van der Waals surface area contributed by atoms with E-state index in [1.54, 1.807) is 6.07 Å². The molecule has 0 spiro atoms. The molecule has 15 heavy (non-hydrogen) atoms. The zero-order valence-electron chi connectivity index (χ0n) is 9.83. The van der Waals surface area contributed by atoms with E-state index < -0.39 is 0 Å². The van der Waals surface area contributed by atoms with Gasteiger partial charge in [0.05, 0.1) is 0 Å². The van der Waals surface area contributed by atoms with Gasteiger partial charge in [0.1, 0.15) is 5.75 Å². The summed E-state index contributed by atoms with van der Waals surface area (Å²) < 4.78 is 0. The van der Waals surface area contributed by atoms with Gasteiger partial charge >= 0.3 is 0 Å². The third kappa shape index (κ3) is 3.56. The van der Waals surface area contributed by atoms with Gasteiger partial charge in [-0.2, -0.15) is 0 Å². The van der Waals surface area contributed by atoms with Gasteiger partial charge in [-0.25, -0.2) is 0 Å². The molecule has 2 nitrogen and oxygen atoms in total. The molecule has 0 saturated heterocycles. The van der Waals surface area contributed by atoms with Crippen molar-refractivity contribution in [2.75, 3.05) is 0 Å². The van der Waals surface area contributed by atoms with Crippen molar-refractivity contribution in [2.45, 2.75) is 45.6 Å². The highest BCUT2D eigenvalue weighted by atomic mass is 16.3. The van der Waals surface area contributed by atoms with Gasteiger partial charge in [0.25, 0.3) is 0 Å². The molecule has 0 heterocycles. The summed E-state index contributed by atoms with van der Waals surface area (Å²) in [5.74, 6) is 0.854. The predicted molar refractivity (Wildman–Crippen MR) is 64.1 cm³/mol. The van der Waals surface area contributed by atoms with Crippen LogP contribution in [0.15, 0.2) is 18.2 Å². The van der Waals surface area contributed by atoms with Crippen molar-refractivity contribution in [2.24, 2.45) is 5.73 Å². The Labute approximate surface area is 92.1 Å². The second-order valence-corrected chi connectivity index (χ2v) is 4.50.